The van der Waals surface area contributed by atoms with Gasteiger partial charge in [0.2, 0.25) is 5.60 Å². The first-order valence-electron chi connectivity index (χ1n) is 14.1. The van der Waals surface area contributed by atoms with Crippen LogP contribution < -0.4 is 24.8 Å². The number of rotatable bonds is 11. The van der Waals surface area contributed by atoms with Crippen LogP contribution in [0.2, 0.25) is 0 Å². The quantitative estimate of drug-likeness (QED) is 0.234. The summed E-state index contributed by atoms with van der Waals surface area (Å²) in [5.41, 5.74) is -4.90. The Hall–Kier alpha value is -3.98. The van der Waals surface area contributed by atoms with E-state index in [1.165, 1.54) is 44.4 Å². The molecule has 1 saturated heterocycles. The van der Waals surface area contributed by atoms with Crippen molar-refractivity contribution in [3.8, 4) is 28.5 Å². The first-order chi connectivity index (χ1) is 21.2. The number of hydrogen-bond donors (Lipinski definition) is 4. The lowest BCUT2D eigenvalue weighted by Gasteiger charge is -2.36. The van der Waals surface area contributed by atoms with Gasteiger partial charge in [-0.25, -0.2) is 9.37 Å². The largest absolute Gasteiger partial charge is 0.493 e. The number of ether oxygens (including phenoxy) is 4. The fourth-order valence-electron chi connectivity index (χ4n) is 5.07. The lowest BCUT2D eigenvalue weighted by molar-refractivity contribution is -0.265. The van der Waals surface area contributed by atoms with Crippen LogP contribution in [0.25, 0.3) is 11.3 Å². The number of amides is 1. The minimum atomic E-state index is -5.29. The van der Waals surface area contributed by atoms with Crippen LogP contribution in [0.3, 0.4) is 0 Å². The predicted octanol–water partition coefficient (Wildman–Crippen LogP) is 3.43. The van der Waals surface area contributed by atoms with E-state index in [2.05, 4.69) is 15.6 Å². The maximum Gasteiger partial charge on any atom is 0.424 e. The second-order valence-electron chi connectivity index (χ2n) is 11.3. The van der Waals surface area contributed by atoms with Crippen molar-refractivity contribution < 1.29 is 51.5 Å². The molecule has 0 spiro atoms. The molecule has 1 fully saturated rings. The number of carbonyl (C=O) groups excluding carboxylic acids is 1. The van der Waals surface area contributed by atoms with Crippen LogP contribution in [0.5, 0.6) is 17.2 Å². The van der Waals surface area contributed by atoms with Crippen molar-refractivity contribution in [2.24, 2.45) is 0 Å². The van der Waals surface area contributed by atoms with Gasteiger partial charge in [0, 0.05) is 16.7 Å². The molecular formula is C31H33F4N3O7. The smallest absolute Gasteiger partial charge is 0.424 e. The van der Waals surface area contributed by atoms with Crippen LogP contribution in [-0.2, 0) is 15.9 Å². The molecule has 1 unspecified atom stereocenters. The molecule has 3 atom stereocenters. The molecule has 4 N–H and O–H groups in total. The fraction of sp³-hybridized carbons (Fsp3) is 0.419. The van der Waals surface area contributed by atoms with Crippen molar-refractivity contribution in [1.82, 2.24) is 15.6 Å². The van der Waals surface area contributed by atoms with E-state index < -0.39 is 47.4 Å². The van der Waals surface area contributed by atoms with Gasteiger partial charge in [-0.05, 0) is 62.4 Å². The fourth-order valence-corrected chi connectivity index (χ4v) is 5.07. The van der Waals surface area contributed by atoms with E-state index in [9.17, 15) is 32.6 Å². The van der Waals surface area contributed by atoms with Crippen LogP contribution in [0.15, 0.2) is 48.5 Å². The molecule has 2 aliphatic heterocycles. The Kier molecular flexibility index (Phi) is 8.95. The highest BCUT2D eigenvalue weighted by atomic mass is 19.4. The average Bonchev–Trinajstić information content (AvgIpc) is 3.32. The summed E-state index contributed by atoms with van der Waals surface area (Å²) >= 11 is 0. The molecular weight excluding hydrogens is 602 g/mol. The summed E-state index contributed by atoms with van der Waals surface area (Å²) in [6, 6.07) is 9.98. The maximum absolute atomic E-state index is 14.8. The maximum atomic E-state index is 14.8. The van der Waals surface area contributed by atoms with Gasteiger partial charge in [0.1, 0.15) is 24.7 Å². The lowest BCUT2D eigenvalue weighted by Crippen LogP contribution is -2.55. The first-order valence-corrected chi connectivity index (χ1v) is 14.1. The summed E-state index contributed by atoms with van der Waals surface area (Å²) in [6.07, 6.45) is -6.06. The Bertz CT molecular complexity index is 1550. The molecule has 3 aromatic rings. The minimum absolute atomic E-state index is 0.0237. The molecule has 10 nitrogen and oxygen atoms in total. The third-order valence-corrected chi connectivity index (χ3v) is 7.65. The zero-order chi connectivity index (χ0) is 32.6. The van der Waals surface area contributed by atoms with E-state index in [-0.39, 0.29) is 53.3 Å². The van der Waals surface area contributed by atoms with Gasteiger partial charge in [-0.1, -0.05) is 0 Å². The summed E-state index contributed by atoms with van der Waals surface area (Å²) in [7, 11) is 1.32. The second kappa shape index (κ2) is 12.4. The minimum Gasteiger partial charge on any atom is -0.493 e. The number of hydrogen-bond acceptors (Lipinski definition) is 9. The molecule has 1 amide bonds. The Morgan fingerprint density at radius 3 is 2.47 bits per heavy atom. The van der Waals surface area contributed by atoms with Gasteiger partial charge in [0.15, 0.2) is 17.2 Å². The van der Waals surface area contributed by atoms with Crippen molar-refractivity contribution in [1.29, 1.82) is 0 Å². The molecule has 242 valence electrons. The van der Waals surface area contributed by atoms with Crippen LogP contribution in [0.4, 0.5) is 17.6 Å². The van der Waals surface area contributed by atoms with E-state index >= 15 is 0 Å². The summed E-state index contributed by atoms with van der Waals surface area (Å²) in [5.74, 6) is -0.971. The molecule has 45 heavy (non-hydrogen) atoms. The zero-order valence-corrected chi connectivity index (χ0v) is 24.7. The van der Waals surface area contributed by atoms with Crippen molar-refractivity contribution >= 4 is 5.91 Å². The third kappa shape index (κ3) is 6.54. The highest BCUT2D eigenvalue weighted by molar-refractivity contribution is 5.95. The van der Waals surface area contributed by atoms with Gasteiger partial charge in [0.05, 0.1) is 50.2 Å². The number of aliphatic hydroxyl groups is 2. The summed E-state index contributed by atoms with van der Waals surface area (Å²) in [4.78, 5) is 17.3. The second-order valence-corrected chi connectivity index (χ2v) is 11.3. The number of aliphatic hydroxyl groups excluding tert-OH is 1. The Labute approximate surface area is 256 Å². The molecule has 5 rings (SSSR count). The topological polar surface area (TPSA) is 131 Å². The Balaban J connectivity index is 1.51. The lowest BCUT2D eigenvalue weighted by atomic mass is 9.88. The number of methoxy groups -OCH3 is 1. The van der Waals surface area contributed by atoms with Crippen LogP contribution in [0.1, 0.15) is 35.5 Å². The standard InChI is InChI=1S/C31H33F4N3O7/c1-17(39)12-44-23-9-6-19(10-24(23)42-3)28(40)36-15-30(41,31(33,34)35)25-11-22-27(26(37-25)18-4-7-20(32)8-5-18)45-16-29(22,2)38-21-13-43-14-21/h4-11,17,21,38-39,41H,12-16H2,1-3H3,(H,36,40)/t17-,29-,30?/m1/s1. The highest BCUT2D eigenvalue weighted by Crippen LogP contribution is 2.47. The molecule has 2 aromatic carbocycles. The number of nitrogens with zero attached hydrogens (tertiary/aromatic N) is 1. The van der Waals surface area contributed by atoms with Crippen LogP contribution >= 0.6 is 0 Å². The van der Waals surface area contributed by atoms with Gasteiger partial charge < -0.3 is 34.5 Å². The van der Waals surface area contributed by atoms with Gasteiger partial charge >= 0.3 is 6.18 Å². The molecule has 0 aliphatic carbocycles. The molecule has 1 aromatic heterocycles. The van der Waals surface area contributed by atoms with Crippen molar-refractivity contribution in [3.63, 3.8) is 0 Å². The summed E-state index contributed by atoms with van der Waals surface area (Å²) in [6.45, 7) is 2.80. The van der Waals surface area contributed by atoms with Gasteiger partial charge in [-0.15, -0.1) is 0 Å². The number of nitrogens with one attached hydrogen (secondary N) is 2. The van der Waals surface area contributed by atoms with Gasteiger partial charge in [-0.2, -0.15) is 13.2 Å². The van der Waals surface area contributed by atoms with Gasteiger partial charge in [-0.3, -0.25) is 10.1 Å². The number of pyridine rings is 1. The third-order valence-electron chi connectivity index (χ3n) is 7.65. The number of carbonyl (C=O) groups is 1. The van der Waals surface area contributed by atoms with Crippen molar-refractivity contribution in [2.45, 2.75) is 43.3 Å². The summed E-state index contributed by atoms with van der Waals surface area (Å²) < 4.78 is 79.9. The highest BCUT2D eigenvalue weighted by Gasteiger charge is 2.57. The first kappa shape index (κ1) is 32.4. The number of halogens is 4. The molecule has 0 bridgehead atoms. The molecule has 0 saturated carbocycles. The number of aromatic nitrogens is 1. The van der Waals surface area contributed by atoms with E-state index in [0.29, 0.717) is 18.8 Å². The van der Waals surface area contributed by atoms with Crippen LogP contribution in [-0.4, -0.2) is 79.5 Å². The van der Waals surface area contributed by atoms with E-state index in [1.54, 1.807) is 6.92 Å². The monoisotopic (exact) mass is 635 g/mol. The van der Waals surface area contributed by atoms with E-state index in [4.69, 9.17) is 18.9 Å². The molecule has 3 heterocycles. The number of benzene rings is 2. The SMILES string of the molecule is COc1cc(C(=O)NCC(O)(c2cc3c(c(-c4ccc(F)cc4)n2)OC[C@@]3(C)NC2COC2)C(F)(F)F)ccc1OC[C@@H](C)O. The van der Waals surface area contributed by atoms with E-state index in [1.807, 2.05) is 0 Å². The number of fused-ring (bicyclic) bond motifs is 1. The van der Waals surface area contributed by atoms with Crippen molar-refractivity contribution in [3.05, 3.63) is 71.2 Å². The average molecular weight is 636 g/mol. The molecule has 14 heteroatoms. The van der Waals surface area contributed by atoms with Crippen molar-refractivity contribution in [2.75, 3.05) is 40.1 Å². The van der Waals surface area contributed by atoms with Gasteiger partial charge in [0.25, 0.3) is 5.91 Å². The Morgan fingerprint density at radius 2 is 1.87 bits per heavy atom. The summed E-state index contributed by atoms with van der Waals surface area (Å²) in [5, 5.41) is 26.3. The van der Waals surface area contributed by atoms with E-state index in [0.717, 1.165) is 18.2 Å². The predicted molar refractivity (Wildman–Crippen MR) is 153 cm³/mol. The molecule has 2 aliphatic rings. The van der Waals surface area contributed by atoms with Crippen LogP contribution in [0, 0.1) is 5.82 Å². The number of alkyl halides is 3. The normalized spacial score (nSPS) is 19.9. The Morgan fingerprint density at radius 1 is 1.16 bits per heavy atom. The molecule has 0 radical (unpaired) electrons. The zero-order valence-electron chi connectivity index (χ0n) is 24.7.